The summed E-state index contributed by atoms with van der Waals surface area (Å²) < 4.78 is 5.46. The van der Waals surface area contributed by atoms with Crippen molar-refractivity contribution in [3.05, 3.63) is 29.8 Å². The van der Waals surface area contributed by atoms with Crippen molar-refractivity contribution in [2.75, 3.05) is 12.4 Å². The average molecular weight is 233 g/mol. The smallest absolute Gasteiger partial charge is 0.0590 e. The van der Waals surface area contributed by atoms with E-state index in [2.05, 4.69) is 36.5 Å². The lowest BCUT2D eigenvalue weighted by atomic mass is 9.92. The molecule has 1 fully saturated rings. The molecule has 2 rings (SSSR count). The highest BCUT2D eigenvalue weighted by atomic mass is 16.5. The molecule has 1 aromatic rings. The normalized spacial score (nSPS) is 24.6. The molecule has 0 aliphatic heterocycles. The lowest BCUT2D eigenvalue weighted by Gasteiger charge is -2.29. The second-order valence-corrected chi connectivity index (χ2v) is 4.92. The number of benzene rings is 1. The first-order valence-electron chi connectivity index (χ1n) is 6.70. The summed E-state index contributed by atoms with van der Waals surface area (Å²) in [6.07, 6.45) is 6.42. The van der Waals surface area contributed by atoms with Gasteiger partial charge in [-0.25, -0.2) is 0 Å². The zero-order valence-electron chi connectivity index (χ0n) is 10.9. The van der Waals surface area contributed by atoms with Gasteiger partial charge < -0.3 is 10.1 Å². The number of anilines is 1. The summed E-state index contributed by atoms with van der Waals surface area (Å²) in [6.45, 7) is 2.19. The summed E-state index contributed by atoms with van der Waals surface area (Å²) in [7, 11) is 1.82. The van der Waals surface area contributed by atoms with Gasteiger partial charge in [-0.3, -0.25) is 0 Å². The first-order valence-corrected chi connectivity index (χ1v) is 6.70. The average Bonchev–Trinajstić information content (AvgIpc) is 2.40. The van der Waals surface area contributed by atoms with Crippen LogP contribution in [0.3, 0.4) is 0 Å². The number of ether oxygens (including phenoxy) is 1. The summed E-state index contributed by atoms with van der Waals surface area (Å²) in [5, 5.41) is 3.62. The fraction of sp³-hybridized carbons (Fsp3) is 0.600. The topological polar surface area (TPSA) is 21.3 Å². The second-order valence-electron chi connectivity index (χ2n) is 4.92. The molecule has 1 aliphatic carbocycles. The molecule has 1 N–H and O–H groups in total. The van der Waals surface area contributed by atoms with Gasteiger partial charge >= 0.3 is 0 Å². The van der Waals surface area contributed by atoms with Gasteiger partial charge in [-0.1, -0.05) is 19.1 Å². The third-order valence-electron chi connectivity index (χ3n) is 3.69. The quantitative estimate of drug-likeness (QED) is 0.857. The minimum Gasteiger partial charge on any atom is -0.382 e. The van der Waals surface area contributed by atoms with E-state index in [1.807, 2.05) is 7.11 Å². The maximum absolute atomic E-state index is 5.46. The Morgan fingerprint density at radius 1 is 1.24 bits per heavy atom. The molecule has 1 saturated carbocycles. The van der Waals surface area contributed by atoms with E-state index in [4.69, 9.17) is 4.74 Å². The van der Waals surface area contributed by atoms with Crippen LogP contribution in [0.4, 0.5) is 5.69 Å². The molecule has 0 heterocycles. The van der Waals surface area contributed by atoms with E-state index >= 15 is 0 Å². The molecule has 1 aromatic carbocycles. The SMILES string of the molecule is CCc1ccc(NC2CCCC(OC)C2)cc1. The van der Waals surface area contributed by atoms with Crippen LogP contribution >= 0.6 is 0 Å². The maximum atomic E-state index is 5.46. The van der Waals surface area contributed by atoms with Crippen molar-refractivity contribution in [1.82, 2.24) is 0 Å². The van der Waals surface area contributed by atoms with E-state index in [1.165, 1.54) is 30.5 Å². The van der Waals surface area contributed by atoms with Gasteiger partial charge in [0.15, 0.2) is 0 Å². The van der Waals surface area contributed by atoms with E-state index in [1.54, 1.807) is 0 Å². The molecule has 17 heavy (non-hydrogen) atoms. The standard InChI is InChI=1S/C15H23NO/c1-3-12-7-9-13(10-8-12)16-14-5-4-6-15(11-14)17-2/h7-10,14-16H,3-6,11H2,1-2H3. The van der Waals surface area contributed by atoms with Crippen LogP contribution in [0, 0.1) is 0 Å². The van der Waals surface area contributed by atoms with Gasteiger partial charge in [-0.2, -0.15) is 0 Å². The summed E-state index contributed by atoms with van der Waals surface area (Å²) in [6, 6.07) is 9.36. The van der Waals surface area contributed by atoms with Gasteiger partial charge in [-0.15, -0.1) is 0 Å². The number of hydrogen-bond acceptors (Lipinski definition) is 2. The van der Waals surface area contributed by atoms with E-state index in [0.29, 0.717) is 12.1 Å². The molecule has 0 radical (unpaired) electrons. The van der Waals surface area contributed by atoms with Crippen LogP contribution in [-0.4, -0.2) is 19.3 Å². The molecule has 0 spiro atoms. The molecule has 0 amide bonds. The molecule has 2 nitrogen and oxygen atoms in total. The number of nitrogens with one attached hydrogen (secondary N) is 1. The third kappa shape index (κ3) is 3.47. The second kappa shape index (κ2) is 6.06. The number of aryl methyl sites for hydroxylation is 1. The Bertz CT molecular complexity index is 333. The van der Waals surface area contributed by atoms with Crippen molar-refractivity contribution in [1.29, 1.82) is 0 Å². The van der Waals surface area contributed by atoms with Gasteiger partial charge in [0, 0.05) is 18.8 Å². The van der Waals surface area contributed by atoms with Crippen LogP contribution in [0.1, 0.15) is 38.2 Å². The van der Waals surface area contributed by atoms with E-state index in [-0.39, 0.29) is 0 Å². The summed E-state index contributed by atoms with van der Waals surface area (Å²) in [5.41, 5.74) is 2.64. The number of hydrogen-bond donors (Lipinski definition) is 1. The largest absolute Gasteiger partial charge is 0.382 e. The van der Waals surface area contributed by atoms with Gasteiger partial charge in [0.1, 0.15) is 0 Å². The van der Waals surface area contributed by atoms with Crippen molar-refractivity contribution >= 4 is 5.69 Å². The van der Waals surface area contributed by atoms with E-state index < -0.39 is 0 Å². The fourth-order valence-electron chi connectivity index (χ4n) is 2.56. The van der Waals surface area contributed by atoms with Gasteiger partial charge in [0.25, 0.3) is 0 Å². The van der Waals surface area contributed by atoms with Crippen molar-refractivity contribution in [3.63, 3.8) is 0 Å². The van der Waals surface area contributed by atoms with Crippen LogP contribution in [0.2, 0.25) is 0 Å². The fourth-order valence-corrected chi connectivity index (χ4v) is 2.56. The molecule has 0 saturated heterocycles. The highest BCUT2D eigenvalue weighted by Crippen LogP contribution is 2.24. The summed E-state index contributed by atoms with van der Waals surface area (Å²) in [4.78, 5) is 0. The first-order chi connectivity index (χ1) is 8.31. The number of methoxy groups -OCH3 is 1. The van der Waals surface area contributed by atoms with Crippen LogP contribution in [0.25, 0.3) is 0 Å². The van der Waals surface area contributed by atoms with Gasteiger partial charge in [0.2, 0.25) is 0 Å². The van der Waals surface area contributed by atoms with E-state index in [0.717, 1.165) is 12.8 Å². The van der Waals surface area contributed by atoms with Crippen molar-refractivity contribution < 1.29 is 4.74 Å². The minimum absolute atomic E-state index is 0.441. The molecule has 1 aliphatic rings. The Morgan fingerprint density at radius 2 is 2.00 bits per heavy atom. The Labute approximate surface area is 104 Å². The highest BCUT2D eigenvalue weighted by Gasteiger charge is 2.21. The molecular formula is C15H23NO. The monoisotopic (exact) mass is 233 g/mol. The number of rotatable bonds is 4. The predicted octanol–water partition coefficient (Wildman–Crippen LogP) is 3.62. The summed E-state index contributed by atoms with van der Waals surface area (Å²) in [5.74, 6) is 0. The summed E-state index contributed by atoms with van der Waals surface area (Å²) >= 11 is 0. The van der Waals surface area contributed by atoms with Gasteiger partial charge in [0.05, 0.1) is 6.10 Å². The lowest BCUT2D eigenvalue weighted by Crippen LogP contribution is -2.30. The molecule has 94 valence electrons. The zero-order valence-corrected chi connectivity index (χ0v) is 10.9. The Kier molecular flexibility index (Phi) is 4.43. The third-order valence-corrected chi connectivity index (χ3v) is 3.69. The molecule has 0 bridgehead atoms. The molecular weight excluding hydrogens is 210 g/mol. The van der Waals surface area contributed by atoms with Crippen LogP contribution in [0.5, 0.6) is 0 Å². The Morgan fingerprint density at radius 3 is 2.65 bits per heavy atom. The van der Waals surface area contributed by atoms with Crippen molar-refractivity contribution in [3.8, 4) is 0 Å². The zero-order chi connectivity index (χ0) is 12.1. The molecule has 2 unspecified atom stereocenters. The predicted molar refractivity (Wildman–Crippen MR) is 72.5 cm³/mol. The van der Waals surface area contributed by atoms with Crippen molar-refractivity contribution in [2.24, 2.45) is 0 Å². The maximum Gasteiger partial charge on any atom is 0.0590 e. The molecule has 2 heteroatoms. The van der Waals surface area contributed by atoms with Crippen LogP contribution in [-0.2, 0) is 11.2 Å². The highest BCUT2D eigenvalue weighted by molar-refractivity contribution is 5.45. The van der Waals surface area contributed by atoms with Crippen LogP contribution < -0.4 is 5.32 Å². The minimum atomic E-state index is 0.441. The van der Waals surface area contributed by atoms with Crippen molar-refractivity contribution in [2.45, 2.75) is 51.2 Å². The molecule has 0 aromatic heterocycles. The van der Waals surface area contributed by atoms with Crippen LogP contribution in [0.15, 0.2) is 24.3 Å². The molecule has 2 atom stereocenters. The Hall–Kier alpha value is -1.02. The van der Waals surface area contributed by atoms with E-state index in [9.17, 15) is 0 Å². The lowest BCUT2D eigenvalue weighted by molar-refractivity contribution is 0.0669. The Balaban J connectivity index is 1.90. The van der Waals surface area contributed by atoms with Gasteiger partial charge in [-0.05, 0) is 49.8 Å². The first kappa shape index (κ1) is 12.4.